The van der Waals surface area contributed by atoms with Gasteiger partial charge in [-0.15, -0.1) is 0 Å². The third kappa shape index (κ3) is 4.42. The lowest BCUT2D eigenvalue weighted by Gasteiger charge is -2.14. The Morgan fingerprint density at radius 1 is 1.30 bits per heavy atom. The van der Waals surface area contributed by atoms with E-state index in [0.29, 0.717) is 0 Å². The van der Waals surface area contributed by atoms with Crippen LogP contribution in [-0.2, 0) is 4.79 Å². The Balaban J connectivity index is 2.78. The normalized spacial score (nSPS) is 11.8. The van der Waals surface area contributed by atoms with Crippen LogP contribution in [0, 0.1) is 11.6 Å². The van der Waals surface area contributed by atoms with Gasteiger partial charge < -0.3 is 20.8 Å². The maximum Gasteiger partial charge on any atom is 0.326 e. The zero-order chi connectivity index (χ0) is 15.3. The van der Waals surface area contributed by atoms with Gasteiger partial charge in [0.15, 0.2) is 11.6 Å². The van der Waals surface area contributed by atoms with Crippen molar-refractivity contribution in [3.05, 3.63) is 28.2 Å². The van der Waals surface area contributed by atoms with E-state index >= 15 is 0 Å². The van der Waals surface area contributed by atoms with Crippen LogP contribution < -0.4 is 10.6 Å². The average Bonchev–Trinajstić information content (AvgIpc) is 2.33. The summed E-state index contributed by atoms with van der Waals surface area (Å²) in [5.74, 6) is -3.40. The summed E-state index contributed by atoms with van der Waals surface area (Å²) < 4.78 is 27.0. The van der Waals surface area contributed by atoms with Gasteiger partial charge in [-0.25, -0.2) is 18.4 Å². The molecule has 0 unspecified atom stereocenters. The lowest BCUT2D eigenvalue weighted by Crippen LogP contribution is -2.43. The van der Waals surface area contributed by atoms with E-state index in [1.165, 1.54) is 0 Å². The first-order valence-electron chi connectivity index (χ1n) is 5.41. The molecule has 110 valence electrons. The molecule has 6 nitrogen and oxygen atoms in total. The highest BCUT2D eigenvalue weighted by Gasteiger charge is 2.21. The van der Waals surface area contributed by atoms with Crippen LogP contribution in [0.15, 0.2) is 16.6 Å². The third-order valence-electron chi connectivity index (χ3n) is 2.27. The molecule has 4 N–H and O–H groups in total. The number of hydrogen-bond donors (Lipinski definition) is 4. The molecule has 2 amide bonds. The van der Waals surface area contributed by atoms with Crippen molar-refractivity contribution in [1.82, 2.24) is 5.32 Å². The van der Waals surface area contributed by atoms with Crippen molar-refractivity contribution < 1.29 is 28.6 Å². The Morgan fingerprint density at radius 2 is 1.85 bits per heavy atom. The molecule has 0 saturated heterocycles. The van der Waals surface area contributed by atoms with E-state index in [9.17, 15) is 18.4 Å². The molecular formula is C11H11BrF2N2O4. The topological polar surface area (TPSA) is 98.7 Å². The summed E-state index contributed by atoms with van der Waals surface area (Å²) in [6.45, 7) is -0.460. The number of carbonyl (C=O) groups is 2. The van der Waals surface area contributed by atoms with Gasteiger partial charge in [-0.2, -0.15) is 0 Å². The molecule has 0 saturated carbocycles. The summed E-state index contributed by atoms with van der Waals surface area (Å²) in [5.41, 5.74) is -0.696. The van der Waals surface area contributed by atoms with Crippen molar-refractivity contribution >= 4 is 33.6 Å². The predicted octanol–water partition coefficient (Wildman–Crippen LogP) is 1.68. The first-order valence-corrected chi connectivity index (χ1v) is 6.20. The largest absolute Gasteiger partial charge is 0.480 e. The summed E-state index contributed by atoms with van der Waals surface area (Å²) in [6, 6.07) is -0.560. The van der Waals surface area contributed by atoms with Crippen molar-refractivity contribution in [1.29, 1.82) is 0 Å². The Bertz CT molecular complexity index is 504. The fourth-order valence-corrected chi connectivity index (χ4v) is 1.76. The molecule has 0 fully saturated rings. The minimum Gasteiger partial charge on any atom is -0.480 e. The second kappa shape index (κ2) is 7.15. The summed E-state index contributed by atoms with van der Waals surface area (Å²) in [4.78, 5) is 22.2. The van der Waals surface area contributed by atoms with Gasteiger partial charge in [0.1, 0.15) is 11.7 Å². The first kappa shape index (κ1) is 16.3. The summed E-state index contributed by atoms with van der Waals surface area (Å²) in [5, 5.41) is 21.3. The number of aliphatic carboxylic acids is 1. The molecule has 0 heterocycles. The summed E-state index contributed by atoms with van der Waals surface area (Å²) >= 11 is 2.88. The quantitative estimate of drug-likeness (QED) is 0.647. The molecule has 0 aromatic heterocycles. The lowest BCUT2D eigenvalue weighted by molar-refractivity contribution is -0.139. The van der Waals surface area contributed by atoms with E-state index in [1.807, 2.05) is 10.6 Å². The standard InChI is InChI=1S/C11H11BrF2N2O4/c12-5-3-6(13)9(7(14)4-5)16-11(20)15-8(1-2-17)10(18)19/h3-4,8,17H,1-2H2,(H,18,19)(H2,15,16,20)/t8-/m1/s1. The zero-order valence-corrected chi connectivity index (χ0v) is 11.6. The van der Waals surface area contributed by atoms with Crippen LogP contribution in [0.3, 0.4) is 0 Å². The number of benzene rings is 1. The molecule has 0 aliphatic heterocycles. The van der Waals surface area contributed by atoms with Crippen molar-refractivity contribution in [3.8, 4) is 0 Å². The molecule has 1 aromatic rings. The Morgan fingerprint density at radius 3 is 2.30 bits per heavy atom. The maximum absolute atomic E-state index is 13.4. The third-order valence-corrected chi connectivity index (χ3v) is 2.72. The maximum atomic E-state index is 13.4. The van der Waals surface area contributed by atoms with Gasteiger partial charge in [-0.3, -0.25) is 0 Å². The van der Waals surface area contributed by atoms with Crippen LogP contribution in [0.1, 0.15) is 6.42 Å². The fourth-order valence-electron chi connectivity index (χ4n) is 1.36. The van der Waals surface area contributed by atoms with Crippen molar-refractivity contribution in [2.24, 2.45) is 0 Å². The number of nitrogens with one attached hydrogen (secondary N) is 2. The molecule has 1 aromatic carbocycles. The van der Waals surface area contributed by atoms with Crippen LogP contribution in [0.4, 0.5) is 19.3 Å². The number of aliphatic hydroxyl groups is 1. The second-order valence-electron chi connectivity index (χ2n) is 3.75. The van der Waals surface area contributed by atoms with E-state index < -0.39 is 42.0 Å². The second-order valence-corrected chi connectivity index (χ2v) is 4.66. The number of carboxylic acids is 1. The Hall–Kier alpha value is -1.74. The van der Waals surface area contributed by atoms with Gasteiger partial charge in [-0.05, 0) is 12.1 Å². The monoisotopic (exact) mass is 352 g/mol. The van der Waals surface area contributed by atoms with Gasteiger partial charge in [-0.1, -0.05) is 15.9 Å². The summed E-state index contributed by atoms with van der Waals surface area (Å²) in [7, 11) is 0. The molecular weight excluding hydrogens is 342 g/mol. The van der Waals surface area contributed by atoms with Gasteiger partial charge >= 0.3 is 12.0 Å². The smallest absolute Gasteiger partial charge is 0.326 e. The minimum atomic E-state index is -1.37. The number of carbonyl (C=O) groups excluding carboxylic acids is 1. The van der Waals surface area contributed by atoms with E-state index in [1.54, 1.807) is 0 Å². The number of amides is 2. The number of carboxylic acid groups (broad SMARTS) is 1. The Labute approximate surface area is 120 Å². The van der Waals surface area contributed by atoms with Gasteiger partial charge in [0.05, 0.1) is 0 Å². The number of aliphatic hydroxyl groups excluding tert-OH is 1. The van der Waals surface area contributed by atoms with Crippen LogP contribution in [0.2, 0.25) is 0 Å². The van der Waals surface area contributed by atoms with Crippen LogP contribution in [0.25, 0.3) is 0 Å². The molecule has 0 bridgehead atoms. The van der Waals surface area contributed by atoms with Crippen molar-refractivity contribution in [2.75, 3.05) is 11.9 Å². The van der Waals surface area contributed by atoms with E-state index in [4.69, 9.17) is 10.2 Å². The molecule has 1 atom stereocenters. The van der Waals surface area contributed by atoms with Crippen LogP contribution >= 0.6 is 15.9 Å². The lowest BCUT2D eigenvalue weighted by atomic mass is 10.2. The van der Waals surface area contributed by atoms with Crippen LogP contribution in [-0.4, -0.2) is 34.9 Å². The predicted molar refractivity (Wildman–Crippen MR) is 69.3 cm³/mol. The van der Waals surface area contributed by atoms with E-state index in [2.05, 4.69) is 15.9 Å². The van der Waals surface area contributed by atoms with Crippen molar-refractivity contribution in [2.45, 2.75) is 12.5 Å². The van der Waals surface area contributed by atoms with Crippen molar-refractivity contribution in [3.63, 3.8) is 0 Å². The van der Waals surface area contributed by atoms with Gasteiger partial charge in [0.25, 0.3) is 0 Å². The molecule has 0 aliphatic rings. The van der Waals surface area contributed by atoms with E-state index in [-0.39, 0.29) is 10.9 Å². The first-order chi connectivity index (χ1) is 9.35. The number of hydrogen-bond acceptors (Lipinski definition) is 3. The molecule has 0 radical (unpaired) electrons. The number of halogens is 3. The highest BCUT2D eigenvalue weighted by atomic mass is 79.9. The minimum absolute atomic E-state index is 0.155. The van der Waals surface area contributed by atoms with Gasteiger partial charge in [0.2, 0.25) is 0 Å². The Kier molecular flexibility index (Phi) is 5.83. The SMILES string of the molecule is O=C(Nc1c(F)cc(Br)cc1F)N[C@H](CCO)C(=O)O. The summed E-state index contributed by atoms with van der Waals surface area (Å²) in [6.07, 6.45) is -0.228. The van der Waals surface area contributed by atoms with E-state index in [0.717, 1.165) is 12.1 Å². The highest BCUT2D eigenvalue weighted by molar-refractivity contribution is 9.10. The molecule has 0 spiro atoms. The molecule has 0 aliphatic carbocycles. The molecule has 20 heavy (non-hydrogen) atoms. The number of rotatable bonds is 5. The fraction of sp³-hybridized carbons (Fsp3) is 0.273. The van der Waals surface area contributed by atoms with Crippen LogP contribution in [0.5, 0.6) is 0 Å². The van der Waals surface area contributed by atoms with Gasteiger partial charge in [0, 0.05) is 17.5 Å². The average molecular weight is 353 g/mol. The number of anilines is 1. The molecule has 9 heteroatoms. The zero-order valence-electron chi connectivity index (χ0n) is 9.99. The molecule has 1 rings (SSSR count). The highest BCUT2D eigenvalue weighted by Crippen LogP contribution is 2.23. The number of urea groups is 1.